The third-order valence-corrected chi connectivity index (χ3v) is 4.75. The normalized spacial score (nSPS) is 21.7. The summed E-state index contributed by atoms with van der Waals surface area (Å²) in [7, 11) is 0. The van der Waals surface area contributed by atoms with Gasteiger partial charge in [-0.15, -0.1) is 0 Å². The van der Waals surface area contributed by atoms with E-state index in [1.165, 1.54) is 19.3 Å². The fraction of sp³-hybridized carbons (Fsp3) is 0.471. The molecule has 0 radical (unpaired) electrons. The van der Waals surface area contributed by atoms with Gasteiger partial charge < -0.3 is 16.0 Å². The average Bonchev–Trinajstić information content (AvgIpc) is 2.55. The summed E-state index contributed by atoms with van der Waals surface area (Å²) in [6, 6.07) is 9.67. The van der Waals surface area contributed by atoms with Crippen LogP contribution in [-0.2, 0) is 9.59 Å². The SMILES string of the molecule is O=C1NC(=S)NC(=O)C1[C@H](NC1CCCCC1)c1ccccc1. The molecule has 1 heterocycles. The standard InChI is InChI=1S/C17H21N3O2S/c21-15-13(16(22)20-17(23)19-15)14(11-7-3-1-4-8-11)18-12-9-5-2-6-10-12/h1,3-4,7-8,12-14,18H,2,5-6,9-10H2,(H2,19,20,21,22,23)/t14-/m1/s1. The summed E-state index contributed by atoms with van der Waals surface area (Å²) < 4.78 is 0. The van der Waals surface area contributed by atoms with Crippen molar-refractivity contribution in [1.29, 1.82) is 0 Å². The molecule has 23 heavy (non-hydrogen) atoms. The molecule has 3 rings (SSSR count). The highest BCUT2D eigenvalue weighted by molar-refractivity contribution is 7.80. The highest BCUT2D eigenvalue weighted by Gasteiger charge is 2.40. The fourth-order valence-electron chi connectivity index (χ4n) is 3.40. The topological polar surface area (TPSA) is 70.2 Å². The van der Waals surface area contributed by atoms with Crippen LogP contribution in [0.15, 0.2) is 30.3 Å². The van der Waals surface area contributed by atoms with E-state index in [0.717, 1.165) is 18.4 Å². The zero-order valence-electron chi connectivity index (χ0n) is 12.9. The second kappa shape index (κ2) is 7.19. The van der Waals surface area contributed by atoms with Gasteiger partial charge in [0.2, 0.25) is 11.8 Å². The lowest BCUT2D eigenvalue weighted by Gasteiger charge is -2.34. The number of amides is 2. The number of carbonyl (C=O) groups excluding carboxylic acids is 2. The summed E-state index contributed by atoms with van der Waals surface area (Å²) in [5.74, 6) is -1.49. The van der Waals surface area contributed by atoms with Crippen LogP contribution in [0.4, 0.5) is 0 Å². The van der Waals surface area contributed by atoms with E-state index in [9.17, 15) is 9.59 Å². The smallest absolute Gasteiger partial charge is 0.240 e. The minimum Gasteiger partial charge on any atom is -0.306 e. The minimum atomic E-state index is -0.814. The van der Waals surface area contributed by atoms with Crippen LogP contribution in [0.5, 0.6) is 0 Å². The maximum Gasteiger partial charge on any atom is 0.240 e. The first kappa shape index (κ1) is 16.1. The van der Waals surface area contributed by atoms with Crippen LogP contribution in [0.3, 0.4) is 0 Å². The molecule has 2 fully saturated rings. The third-order valence-electron chi connectivity index (χ3n) is 4.55. The molecule has 0 aromatic heterocycles. The van der Waals surface area contributed by atoms with Crippen molar-refractivity contribution in [2.24, 2.45) is 5.92 Å². The van der Waals surface area contributed by atoms with Gasteiger partial charge in [0.15, 0.2) is 5.11 Å². The van der Waals surface area contributed by atoms with Gasteiger partial charge in [-0.05, 0) is 30.6 Å². The van der Waals surface area contributed by atoms with Gasteiger partial charge in [-0.2, -0.15) is 0 Å². The van der Waals surface area contributed by atoms with Gasteiger partial charge in [-0.1, -0.05) is 49.6 Å². The predicted octanol–water partition coefficient (Wildman–Crippen LogP) is 1.80. The second-order valence-corrected chi connectivity index (χ2v) is 6.58. The quantitative estimate of drug-likeness (QED) is 0.581. The third kappa shape index (κ3) is 3.76. The van der Waals surface area contributed by atoms with E-state index in [-0.39, 0.29) is 23.0 Å². The Morgan fingerprint density at radius 2 is 1.61 bits per heavy atom. The molecule has 0 spiro atoms. The number of carbonyl (C=O) groups is 2. The Balaban J connectivity index is 1.86. The Bertz CT molecular complexity index is 579. The largest absolute Gasteiger partial charge is 0.306 e. The van der Waals surface area contributed by atoms with Crippen molar-refractivity contribution in [3.05, 3.63) is 35.9 Å². The van der Waals surface area contributed by atoms with Gasteiger partial charge in [0.1, 0.15) is 5.92 Å². The predicted molar refractivity (Wildman–Crippen MR) is 91.6 cm³/mol. The van der Waals surface area contributed by atoms with Crippen molar-refractivity contribution < 1.29 is 9.59 Å². The highest BCUT2D eigenvalue weighted by Crippen LogP contribution is 2.28. The van der Waals surface area contributed by atoms with Gasteiger partial charge in [0.05, 0.1) is 6.04 Å². The van der Waals surface area contributed by atoms with E-state index >= 15 is 0 Å². The van der Waals surface area contributed by atoms with Crippen LogP contribution in [0.2, 0.25) is 0 Å². The molecule has 1 aliphatic heterocycles. The van der Waals surface area contributed by atoms with E-state index in [2.05, 4.69) is 16.0 Å². The van der Waals surface area contributed by atoms with Gasteiger partial charge >= 0.3 is 0 Å². The number of thiocarbonyl (C=S) groups is 1. The van der Waals surface area contributed by atoms with Gasteiger partial charge in [-0.3, -0.25) is 9.59 Å². The zero-order valence-corrected chi connectivity index (χ0v) is 13.7. The van der Waals surface area contributed by atoms with Crippen LogP contribution in [0, 0.1) is 5.92 Å². The second-order valence-electron chi connectivity index (χ2n) is 6.18. The monoisotopic (exact) mass is 331 g/mol. The maximum atomic E-state index is 12.4. The molecule has 1 saturated carbocycles. The number of hydrogen-bond donors (Lipinski definition) is 3. The molecule has 0 unspecified atom stereocenters. The van der Waals surface area contributed by atoms with E-state index < -0.39 is 5.92 Å². The Labute approximate surface area is 141 Å². The van der Waals surface area contributed by atoms with Gasteiger partial charge in [0, 0.05) is 6.04 Å². The lowest BCUT2D eigenvalue weighted by Crippen LogP contribution is -2.59. The van der Waals surface area contributed by atoms with E-state index in [4.69, 9.17) is 12.2 Å². The molecule has 0 bridgehead atoms. The van der Waals surface area contributed by atoms with E-state index in [1.54, 1.807) is 0 Å². The summed E-state index contributed by atoms with van der Waals surface area (Å²) in [6.45, 7) is 0. The van der Waals surface area contributed by atoms with Crippen molar-refractivity contribution >= 4 is 29.1 Å². The molecule has 5 nitrogen and oxygen atoms in total. The molecule has 1 aromatic carbocycles. The minimum absolute atomic E-state index is 0.0840. The summed E-state index contributed by atoms with van der Waals surface area (Å²) in [6.07, 6.45) is 5.79. The number of benzene rings is 1. The first-order valence-corrected chi connectivity index (χ1v) is 8.52. The summed E-state index contributed by atoms with van der Waals surface area (Å²) in [5, 5.41) is 8.77. The molecule has 1 aliphatic carbocycles. The first-order valence-electron chi connectivity index (χ1n) is 8.12. The van der Waals surface area contributed by atoms with Crippen LogP contribution in [-0.4, -0.2) is 23.0 Å². The molecule has 122 valence electrons. The molecular weight excluding hydrogens is 310 g/mol. The maximum absolute atomic E-state index is 12.4. The molecule has 3 N–H and O–H groups in total. The lowest BCUT2D eigenvalue weighted by atomic mass is 9.87. The number of hydrogen-bond acceptors (Lipinski definition) is 4. The lowest BCUT2D eigenvalue weighted by molar-refractivity contribution is -0.136. The zero-order chi connectivity index (χ0) is 16.2. The van der Waals surface area contributed by atoms with Gasteiger partial charge in [0.25, 0.3) is 0 Å². The molecular formula is C17H21N3O2S. The Kier molecular flexibility index (Phi) is 5.03. The number of nitrogens with one attached hydrogen (secondary N) is 3. The Morgan fingerprint density at radius 3 is 2.22 bits per heavy atom. The van der Waals surface area contributed by atoms with E-state index in [0.29, 0.717) is 6.04 Å². The van der Waals surface area contributed by atoms with Crippen molar-refractivity contribution in [3.63, 3.8) is 0 Å². The molecule has 1 aromatic rings. The molecule has 6 heteroatoms. The first-order chi connectivity index (χ1) is 11.1. The Morgan fingerprint density at radius 1 is 1.00 bits per heavy atom. The summed E-state index contributed by atoms with van der Waals surface area (Å²) in [4.78, 5) is 24.7. The summed E-state index contributed by atoms with van der Waals surface area (Å²) in [5.41, 5.74) is 0.946. The van der Waals surface area contributed by atoms with Crippen LogP contribution >= 0.6 is 12.2 Å². The molecule has 2 aliphatic rings. The molecule has 1 saturated heterocycles. The van der Waals surface area contributed by atoms with Crippen LogP contribution in [0.25, 0.3) is 0 Å². The van der Waals surface area contributed by atoms with Gasteiger partial charge in [-0.25, -0.2) is 0 Å². The van der Waals surface area contributed by atoms with Crippen LogP contribution in [0.1, 0.15) is 43.7 Å². The van der Waals surface area contributed by atoms with Crippen LogP contribution < -0.4 is 16.0 Å². The Hall–Kier alpha value is -1.79. The van der Waals surface area contributed by atoms with Crippen molar-refractivity contribution in [2.45, 2.75) is 44.2 Å². The average molecular weight is 331 g/mol. The fourth-order valence-corrected chi connectivity index (χ4v) is 3.60. The van der Waals surface area contributed by atoms with Crippen molar-refractivity contribution in [2.75, 3.05) is 0 Å². The van der Waals surface area contributed by atoms with Crippen molar-refractivity contribution in [3.8, 4) is 0 Å². The highest BCUT2D eigenvalue weighted by atomic mass is 32.1. The van der Waals surface area contributed by atoms with E-state index in [1.807, 2.05) is 30.3 Å². The summed E-state index contributed by atoms with van der Waals surface area (Å²) >= 11 is 4.89. The molecule has 1 atom stereocenters. The van der Waals surface area contributed by atoms with Crippen molar-refractivity contribution in [1.82, 2.24) is 16.0 Å². The number of rotatable bonds is 4. The molecule has 2 amide bonds.